The molecule has 4 rings (SSSR count). The third-order valence-corrected chi connectivity index (χ3v) is 8.33. The molecule has 0 aromatic heterocycles. The van der Waals surface area contributed by atoms with Crippen LogP contribution in [-0.4, -0.2) is 100 Å². The Morgan fingerprint density at radius 2 is 1.55 bits per heavy atom. The number of para-hydroxylation sites is 1. The standard InChI is InChI=1S/C22H23Cl2N3OS.C6H8O7/c1-25-8-10-26(11-9-25)20-5-3-2-4-16(20)14-21-22(28)27(12-13-29-21)17-6-7-18(23)19(24)15-17;7-3(8)1-6(13,5(11)12)2-4(9)10/h2-7,14-15H,8-13H2,1H3;13H,1-2H2,(H,7,8)(H,9,10)(H,11,12)/b21-14+;. The highest BCUT2D eigenvalue weighted by molar-refractivity contribution is 8.04. The number of piperazine rings is 1. The van der Waals surface area contributed by atoms with E-state index in [1.807, 2.05) is 18.2 Å². The minimum absolute atomic E-state index is 0.00724. The van der Waals surface area contributed by atoms with E-state index in [4.69, 9.17) is 43.6 Å². The number of aliphatic hydroxyl groups is 1. The molecule has 0 unspecified atom stereocenters. The lowest BCUT2D eigenvalue weighted by atomic mass is 9.96. The van der Waals surface area contributed by atoms with Crippen molar-refractivity contribution in [3.63, 3.8) is 0 Å². The maximum Gasteiger partial charge on any atom is 0.336 e. The second-order valence-corrected chi connectivity index (χ2v) is 11.7. The number of benzene rings is 2. The van der Waals surface area contributed by atoms with Gasteiger partial charge in [-0.15, -0.1) is 11.8 Å². The Balaban J connectivity index is 0.000000316. The summed E-state index contributed by atoms with van der Waals surface area (Å²) >= 11 is 13.8. The fourth-order valence-electron chi connectivity index (χ4n) is 4.35. The van der Waals surface area contributed by atoms with E-state index in [-0.39, 0.29) is 5.91 Å². The van der Waals surface area contributed by atoms with Crippen molar-refractivity contribution >= 4 is 76.2 Å². The smallest absolute Gasteiger partial charge is 0.336 e. The Morgan fingerprint density at radius 3 is 2.12 bits per heavy atom. The maximum absolute atomic E-state index is 13.2. The number of carboxylic acid groups (broad SMARTS) is 3. The van der Waals surface area contributed by atoms with Crippen LogP contribution < -0.4 is 9.80 Å². The number of carbonyl (C=O) groups excluding carboxylic acids is 1. The predicted octanol–water partition coefficient (Wildman–Crippen LogP) is 3.62. The van der Waals surface area contributed by atoms with E-state index in [0.29, 0.717) is 16.6 Å². The number of thioether (sulfide) groups is 1. The van der Waals surface area contributed by atoms with Crippen molar-refractivity contribution in [1.29, 1.82) is 0 Å². The number of hydrogen-bond acceptors (Lipinski definition) is 8. The van der Waals surface area contributed by atoms with E-state index >= 15 is 0 Å². The molecular weight excluding hydrogens is 609 g/mol. The first-order valence-electron chi connectivity index (χ1n) is 12.8. The van der Waals surface area contributed by atoms with Crippen molar-refractivity contribution in [2.24, 2.45) is 0 Å². The number of carbonyl (C=O) groups is 4. The molecule has 4 N–H and O–H groups in total. The van der Waals surface area contributed by atoms with Crippen molar-refractivity contribution in [3.8, 4) is 0 Å². The van der Waals surface area contributed by atoms with Gasteiger partial charge in [-0.3, -0.25) is 14.4 Å². The molecule has 0 spiro atoms. The van der Waals surface area contributed by atoms with E-state index in [2.05, 4.69) is 35.0 Å². The van der Waals surface area contributed by atoms with Gasteiger partial charge < -0.3 is 35.1 Å². The summed E-state index contributed by atoms with van der Waals surface area (Å²) in [5.41, 5.74) is 0.317. The topological polar surface area (TPSA) is 159 Å². The SMILES string of the molecule is CN1CCN(c2ccccc2/C=C2/SCCN(c3ccc(Cl)c(Cl)c3)C2=O)CC1.O=C(O)CC(O)(CC(=O)O)C(=O)O. The van der Waals surface area contributed by atoms with Crippen LogP contribution in [0.3, 0.4) is 0 Å². The van der Waals surface area contributed by atoms with Crippen molar-refractivity contribution in [2.45, 2.75) is 18.4 Å². The maximum atomic E-state index is 13.2. The van der Waals surface area contributed by atoms with Crippen LogP contribution in [0.25, 0.3) is 6.08 Å². The Bertz CT molecular complexity index is 1350. The molecule has 2 fully saturated rings. The van der Waals surface area contributed by atoms with Crippen LogP contribution in [0.5, 0.6) is 0 Å². The molecule has 0 atom stereocenters. The van der Waals surface area contributed by atoms with Crippen LogP contribution in [0, 0.1) is 0 Å². The van der Waals surface area contributed by atoms with Crippen molar-refractivity contribution in [3.05, 3.63) is 63.0 Å². The summed E-state index contributed by atoms with van der Waals surface area (Å²) < 4.78 is 0. The lowest BCUT2D eigenvalue weighted by Crippen LogP contribution is -2.44. The minimum atomic E-state index is -2.74. The molecular formula is C28H31Cl2N3O8S. The average molecular weight is 641 g/mol. The molecule has 14 heteroatoms. The first kappa shape index (κ1) is 33.2. The first-order chi connectivity index (χ1) is 19.8. The molecule has 2 aromatic carbocycles. The molecule has 42 heavy (non-hydrogen) atoms. The summed E-state index contributed by atoms with van der Waals surface area (Å²) in [5, 5.41) is 34.8. The highest BCUT2D eigenvalue weighted by atomic mass is 35.5. The number of carboxylic acids is 3. The Hall–Kier alpha value is -3.29. The summed E-state index contributed by atoms with van der Waals surface area (Å²) in [6.07, 6.45) is -0.256. The predicted molar refractivity (Wildman–Crippen MR) is 162 cm³/mol. The number of likely N-dealkylation sites (N-methyl/N-ethyl adjacent to an activating group) is 1. The van der Waals surface area contributed by atoms with Gasteiger partial charge in [-0.1, -0.05) is 41.4 Å². The molecule has 0 radical (unpaired) electrons. The molecule has 2 aliphatic rings. The first-order valence-corrected chi connectivity index (χ1v) is 14.6. The van der Waals surface area contributed by atoms with Crippen LogP contribution in [0.1, 0.15) is 18.4 Å². The summed E-state index contributed by atoms with van der Waals surface area (Å²) in [7, 11) is 2.15. The number of anilines is 2. The van der Waals surface area contributed by atoms with Gasteiger partial charge in [-0.05, 0) is 43.0 Å². The van der Waals surface area contributed by atoms with Gasteiger partial charge in [-0.2, -0.15) is 0 Å². The van der Waals surface area contributed by atoms with Crippen LogP contribution in [0.4, 0.5) is 11.4 Å². The highest BCUT2D eigenvalue weighted by Crippen LogP contribution is 2.34. The van der Waals surface area contributed by atoms with Gasteiger partial charge in [0.25, 0.3) is 5.91 Å². The van der Waals surface area contributed by atoms with Crippen molar-refractivity contribution < 1.29 is 39.6 Å². The zero-order chi connectivity index (χ0) is 31.0. The third kappa shape index (κ3) is 8.85. The van der Waals surface area contributed by atoms with Gasteiger partial charge in [0.1, 0.15) is 0 Å². The van der Waals surface area contributed by atoms with Gasteiger partial charge >= 0.3 is 17.9 Å². The van der Waals surface area contributed by atoms with E-state index in [0.717, 1.165) is 48.1 Å². The van der Waals surface area contributed by atoms with Crippen LogP contribution in [0.2, 0.25) is 10.0 Å². The second-order valence-electron chi connectivity index (χ2n) is 9.74. The zero-order valence-electron chi connectivity index (χ0n) is 22.7. The lowest BCUT2D eigenvalue weighted by Gasteiger charge is -2.35. The molecule has 2 saturated heterocycles. The van der Waals surface area contributed by atoms with Crippen LogP contribution in [-0.2, 0) is 19.2 Å². The fraction of sp³-hybridized carbons (Fsp3) is 0.357. The average Bonchev–Trinajstić information content (AvgIpc) is 2.92. The van der Waals surface area contributed by atoms with Crippen molar-refractivity contribution in [2.75, 3.05) is 55.3 Å². The normalized spacial score (nSPS) is 17.0. The third-order valence-electron chi connectivity index (χ3n) is 6.60. The summed E-state index contributed by atoms with van der Waals surface area (Å²) in [6, 6.07) is 13.7. The fourth-order valence-corrected chi connectivity index (χ4v) is 5.58. The molecule has 1 amide bonds. The van der Waals surface area contributed by atoms with Gasteiger partial charge in [0.05, 0.1) is 27.8 Å². The van der Waals surface area contributed by atoms with Gasteiger partial charge in [0.15, 0.2) is 5.60 Å². The summed E-state index contributed by atoms with van der Waals surface area (Å²) in [4.78, 5) is 51.0. The Kier molecular flexibility index (Phi) is 11.7. The molecule has 2 aliphatic heterocycles. The van der Waals surface area contributed by atoms with Crippen molar-refractivity contribution in [1.82, 2.24) is 4.90 Å². The van der Waals surface area contributed by atoms with Gasteiger partial charge in [-0.25, -0.2) is 4.79 Å². The van der Waals surface area contributed by atoms with Crippen LogP contribution in [0.15, 0.2) is 47.4 Å². The Labute approximate surface area is 256 Å². The number of hydrogen-bond donors (Lipinski definition) is 4. The number of halogens is 2. The number of amides is 1. The molecule has 0 aliphatic carbocycles. The van der Waals surface area contributed by atoms with E-state index < -0.39 is 36.4 Å². The number of rotatable bonds is 8. The van der Waals surface area contributed by atoms with E-state index in [9.17, 15) is 19.2 Å². The largest absolute Gasteiger partial charge is 0.481 e. The number of nitrogens with zero attached hydrogens (tertiary/aromatic N) is 3. The van der Waals surface area contributed by atoms with Gasteiger partial charge in [0.2, 0.25) is 0 Å². The van der Waals surface area contributed by atoms with Gasteiger partial charge in [0, 0.05) is 49.9 Å². The molecule has 226 valence electrons. The zero-order valence-corrected chi connectivity index (χ0v) is 25.0. The summed E-state index contributed by atoms with van der Waals surface area (Å²) in [6.45, 7) is 4.73. The molecule has 11 nitrogen and oxygen atoms in total. The van der Waals surface area contributed by atoms with E-state index in [1.165, 1.54) is 5.69 Å². The minimum Gasteiger partial charge on any atom is -0.481 e. The summed E-state index contributed by atoms with van der Waals surface area (Å²) in [5.74, 6) is -4.17. The quantitative estimate of drug-likeness (QED) is 0.312. The number of aliphatic carboxylic acids is 3. The molecule has 2 aromatic rings. The molecule has 2 heterocycles. The van der Waals surface area contributed by atoms with Crippen LogP contribution >= 0.6 is 35.0 Å². The molecule has 0 bridgehead atoms. The van der Waals surface area contributed by atoms with E-state index in [1.54, 1.807) is 28.8 Å². The lowest BCUT2D eigenvalue weighted by molar-refractivity contribution is -0.170. The monoisotopic (exact) mass is 639 g/mol. The molecule has 0 saturated carbocycles. The second kappa shape index (κ2) is 14.7. The Morgan fingerprint density at radius 1 is 0.929 bits per heavy atom. The highest BCUT2D eigenvalue weighted by Gasteiger charge is 2.40.